The molecule has 3 rings (SSSR count). The summed E-state index contributed by atoms with van der Waals surface area (Å²) < 4.78 is 6.53. The van der Waals surface area contributed by atoms with E-state index >= 15 is 0 Å². The van der Waals surface area contributed by atoms with Gasteiger partial charge >= 0.3 is 0 Å². The molecule has 0 saturated carbocycles. The van der Waals surface area contributed by atoms with Gasteiger partial charge in [-0.25, -0.2) is 4.98 Å². The molecule has 0 aromatic carbocycles. The lowest BCUT2D eigenvalue weighted by Gasteiger charge is -2.26. The maximum atomic E-state index is 12.2. The van der Waals surface area contributed by atoms with Crippen molar-refractivity contribution in [1.82, 2.24) is 20.1 Å². The zero-order chi connectivity index (χ0) is 13.6. The topological polar surface area (TPSA) is 89.0 Å². The molecule has 3 heterocycles. The van der Waals surface area contributed by atoms with E-state index in [1.54, 1.807) is 20.0 Å². The second kappa shape index (κ2) is 4.20. The van der Waals surface area contributed by atoms with Gasteiger partial charge in [-0.1, -0.05) is 0 Å². The molecule has 2 aromatic rings. The van der Waals surface area contributed by atoms with Gasteiger partial charge in [-0.3, -0.25) is 19.4 Å². The summed E-state index contributed by atoms with van der Waals surface area (Å²) in [5.41, 5.74) is 1.23. The highest BCUT2D eigenvalue weighted by molar-refractivity contribution is 6.05. The number of nitrogens with zero attached hydrogens (tertiary/aromatic N) is 2. The molecule has 0 unspecified atom stereocenters. The van der Waals surface area contributed by atoms with Gasteiger partial charge in [0.1, 0.15) is 0 Å². The minimum absolute atomic E-state index is 0.0267. The van der Waals surface area contributed by atoms with Crippen molar-refractivity contribution in [3.63, 3.8) is 0 Å². The number of carbonyl (C=O) groups excluding carboxylic acids is 1. The van der Waals surface area contributed by atoms with Crippen LogP contribution in [0.5, 0.6) is 0 Å². The normalized spacial score (nSPS) is 15.5. The lowest BCUT2D eigenvalue weighted by atomic mass is 10.1. The van der Waals surface area contributed by atoms with E-state index in [9.17, 15) is 9.59 Å². The fraction of sp³-hybridized carbons (Fsp3) is 0.417. The smallest absolute Gasteiger partial charge is 0.274 e. The molecular weight excluding hydrogens is 248 g/mol. The van der Waals surface area contributed by atoms with Crippen LogP contribution in [0.2, 0.25) is 0 Å². The van der Waals surface area contributed by atoms with Crippen molar-refractivity contribution in [2.75, 3.05) is 13.2 Å². The monoisotopic (exact) mass is 262 g/mol. The van der Waals surface area contributed by atoms with E-state index in [1.165, 1.54) is 4.68 Å². The predicted molar refractivity (Wildman–Crippen MR) is 68.1 cm³/mol. The summed E-state index contributed by atoms with van der Waals surface area (Å²) in [4.78, 5) is 28.4. The summed E-state index contributed by atoms with van der Waals surface area (Å²) in [7, 11) is 1.69. The van der Waals surface area contributed by atoms with Crippen LogP contribution < -0.4 is 10.9 Å². The molecule has 1 fully saturated rings. The summed E-state index contributed by atoms with van der Waals surface area (Å²) in [6, 6.07) is 1.66. The molecule has 7 nitrogen and oxygen atoms in total. The Morgan fingerprint density at radius 1 is 1.58 bits per heavy atom. The molecule has 0 bridgehead atoms. The average Bonchev–Trinajstić information content (AvgIpc) is 2.58. The lowest BCUT2D eigenvalue weighted by Crippen LogP contribution is -2.48. The first-order chi connectivity index (χ1) is 9.06. The van der Waals surface area contributed by atoms with Gasteiger partial charge in [0, 0.05) is 12.7 Å². The van der Waals surface area contributed by atoms with E-state index in [0.29, 0.717) is 35.5 Å². The third-order valence-corrected chi connectivity index (χ3v) is 3.16. The van der Waals surface area contributed by atoms with E-state index in [2.05, 4.69) is 15.4 Å². The van der Waals surface area contributed by atoms with Crippen molar-refractivity contribution >= 4 is 16.9 Å². The number of pyridine rings is 1. The predicted octanol–water partition coefficient (Wildman–Crippen LogP) is -0.301. The number of rotatable bonds is 2. The third kappa shape index (κ3) is 1.91. The average molecular weight is 262 g/mol. The van der Waals surface area contributed by atoms with Crippen molar-refractivity contribution in [1.29, 1.82) is 0 Å². The maximum absolute atomic E-state index is 12.2. The van der Waals surface area contributed by atoms with Crippen molar-refractivity contribution in [2.24, 2.45) is 7.05 Å². The fourth-order valence-corrected chi connectivity index (χ4v) is 2.15. The fourth-order valence-electron chi connectivity index (χ4n) is 2.15. The second-order valence-electron chi connectivity index (χ2n) is 4.72. The summed E-state index contributed by atoms with van der Waals surface area (Å²) in [5, 5.41) is 5.77. The Kier molecular flexibility index (Phi) is 2.63. The molecule has 19 heavy (non-hydrogen) atoms. The van der Waals surface area contributed by atoms with Crippen LogP contribution in [0.3, 0.4) is 0 Å². The van der Waals surface area contributed by atoms with Crippen LogP contribution in [0.4, 0.5) is 0 Å². The van der Waals surface area contributed by atoms with E-state index < -0.39 is 0 Å². The molecule has 1 aliphatic rings. The minimum Gasteiger partial charge on any atom is -0.377 e. The van der Waals surface area contributed by atoms with Gasteiger partial charge in [-0.2, -0.15) is 0 Å². The van der Waals surface area contributed by atoms with Crippen molar-refractivity contribution in [3.8, 4) is 0 Å². The van der Waals surface area contributed by atoms with Gasteiger partial charge in [-0.15, -0.1) is 0 Å². The molecule has 7 heteroatoms. The number of fused-ring (bicyclic) bond motifs is 1. The highest BCUT2D eigenvalue weighted by Crippen LogP contribution is 2.15. The van der Waals surface area contributed by atoms with Gasteiger partial charge in [0.2, 0.25) is 0 Å². The highest BCUT2D eigenvalue weighted by atomic mass is 16.5. The molecule has 1 amide bonds. The maximum Gasteiger partial charge on any atom is 0.274 e. The van der Waals surface area contributed by atoms with Crippen LogP contribution >= 0.6 is 0 Å². The van der Waals surface area contributed by atoms with Crippen molar-refractivity contribution in [2.45, 2.75) is 13.0 Å². The molecule has 2 aromatic heterocycles. The molecule has 0 atom stereocenters. The molecule has 0 aliphatic carbocycles. The zero-order valence-electron chi connectivity index (χ0n) is 10.7. The van der Waals surface area contributed by atoms with Crippen LogP contribution in [0.1, 0.15) is 16.1 Å². The summed E-state index contributed by atoms with van der Waals surface area (Å²) in [5.74, 6) is -0.263. The Morgan fingerprint density at radius 3 is 2.95 bits per heavy atom. The summed E-state index contributed by atoms with van der Waals surface area (Å²) >= 11 is 0. The number of carbonyl (C=O) groups is 1. The number of ether oxygens (including phenoxy) is 1. The largest absolute Gasteiger partial charge is 0.377 e. The van der Waals surface area contributed by atoms with Gasteiger partial charge in [0.05, 0.1) is 30.2 Å². The Morgan fingerprint density at radius 2 is 2.32 bits per heavy atom. The number of H-pyrrole nitrogens is 1. The SMILES string of the molecule is Cc1cc(C(=O)NC2COC2)c2c(=O)[nH]n(C)c2n1. The Bertz CT molecular complexity index is 712. The van der Waals surface area contributed by atoms with Gasteiger partial charge in [-0.05, 0) is 13.0 Å². The Balaban J connectivity index is 2.11. The summed E-state index contributed by atoms with van der Waals surface area (Å²) in [6.07, 6.45) is 0. The number of aryl methyl sites for hydroxylation is 2. The van der Waals surface area contributed by atoms with Crippen molar-refractivity contribution < 1.29 is 9.53 Å². The first-order valence-corrected chi connectivity index (χ1v) is 6.01. The Hall–Kier alpha value is -2.15. The van der Waals surface area contributed by atoms with E-state index in [0.717, 1.165) is 0 Å². The highest BCUT2D eigenvalue weighted by Gasteiger charge is 2.24. The number of aromatic amines is 1. The van der Waals surface area contributed by atoms with E-state index in [4.69, 9.17) is 4.74 Å². The molecular formula is C12H14N4O3. The number of nitrogens with one attached hydrogen (secondary N) is 2. The van der Waals surface area contributed by atoms with Gasteiger partial charge in [0.15, 0.2) is 5.65 Å². The van der Waals surface area contributed by atoms with Crippen LogP contribution in [0, 0.1) is 6.92 Å². The molecule has 1 aliphatic heterocycles. The lowest BCUT2D eigenvalue weighted by molar-refractivity contribution is -0.00343. The molecule has 0 spiro atoms. The number of amides is 1. The van der Waals surface area contributed by atoms with Crippen LogP contribution in [0.15, 0.2) is 10.9 Å². The van der Waals surface area contributed by atoms with Crippen molar-refractivity contribution in [3.05, 3.63) is 27.7 Å². The molecule has 100 valence electrons. The number of hydrogen-bond donors (Lipinski definition) is 2. The quantitative estimate of drug-likeness (QED) is 0.777. The molecule has 0 radical (unpaired) electrons. The first-order valence-electron chi connectivity index (χ1n) is 6.01. The number of hydrogen-bond acceptors (Lipinski definition) is 4. The molecule has 1 saturated heterocycles. The summed E-state index contributed by atoms with van der Waals surface area (Å²) in [6.45, 7) is 2.83. The third-order valence-electron chi connectivity index (χ3n) is 3.16. The second-order valence-corrected chi connectivity index (χ2v) is 4.72. The van der Waals surface area contributed by atoms with Gasteiger partial charge in [0.25, 0.3) is 11.5 Å². The molecule has 2 N–H and O–H groups in total. The minimum atomic E-state index is -0.306. The van der Waals surface area contributed by atoms with Crippen LogP contribution in [0.25, 0.3) is 11.0 Å². The van der Waals surface area contributed by atoms with E-state index in [1.807, 2.05) is 0 Å². The Labute approximate surface area is 108 Å². The first kappa shape index (κ1) is 11.9. The zero-order valence-corrected chi connectivity index (χ0v) is 10.7. The van der Waals surface area contributed by atoms with E-state index in [-0.39, 0.29) is 17.5 Å². The number of aromatic nitrogens is 3. The van der Waals surface area contributed by atoms with Crippen LogP contribution in [-0.2, 0) is 11.8 Å². The van der Waals surface area contributed by atoms with Gasteiger partial charge < -0.3 is 10.1 Å². The standard InChI is InChI=1S/C12H14N4O3/c1-6-3-8(11(17)14-7-4-19-5-7)9-10(13-6)16(2)15-12(9)18/h3,7H,4-5H2,1-2H3,(H,14,17)(H,15,18). The van der Waals surface area contributed by atoms with Crippen LogP contribution in [-0.4, -0.2) is 39.9 Å².